The fourth-order valence-corrected chi connectivity index (χ4v) is 3.87. The molecule has 1 fully saturated rings. The van der Waals surface area contributed by atoms with E-state index in [4.69, 9.17) is 0 Å². The van der Waals surface area contributed by atoms with Crippen LogP contribution in [0, 0.1) is 24.0 Å². The number of nitrogens with one attached hydrogen (secondary N) is 1. The lowest BCUT2D eigenvalue weighted by Crippen LogP contribution is -2.50. The van der Waals surface area contributed by atoms with E-state index in [9.17, 15) is 19.7 Å². The van der Waals surface area contributed by atoms with E-state index in [1.165, 1.54) is 12.1 Å². The minimum atomic E-state index is -0.492. The first kappa shape index (κ1) is 20.0. The lowest BCUT2D eigenvalue weighted by molar-refractivity contribution is -0.380. The van der Waals surface area contributed by atoms with Crippen LogP contribution in [0.1, 0.15) is 20.8 Å². The predicted molar refractivity (Wildman–Crippen MR) is 108 cm³/mol. The number of hydrogen-bond acceptors (Lipinski definition) is 6. The van der Waals surface area contributed by atoms with E-state index in [1.807, 2.05) is 36.9 Å². The maximum Gasteiger partial charge on any atom is 0.324 e. The van der Waals surface area contributed by atoms with Crippen molar-refractivity contribution in [2.45, 2.75) is 13.8 Å². The second kappa shape index (κ2) is 8.49. The first-order chi connectivity index (χ1) is 13.3. The molecule has 8 nitrogen and oxygen atoms in total. The van der Waals surface area contributed by atoms with E-state index in [0.717, 1.165) is 28.2 Å². The Kier molecular flexibility index (Phi) is 6.05. The first-order valence-electron chi connectivity index (χ1n) is 8.97. The number of carbonyl (C=O) groups is 2. The standard InChI is InChI=1S/C19H22N4O4S/c1-13-4-3-5-15(14(13)2)20-17(24)12-21-8-10-22(11-9-21)19(25)16-6-7-18(28-16)23(26)27/h3-7H,8-12H2,1-2H3,(H,20,24). The number of amides is 2. The van der Waals surface area contributed by atoms with E-state index in [1.54, 1.807) is 4.90 Å². The second-order valence-corrected chi connectivity index (χ2v) is 7.82. The Labute approximate surface area is 166 Å². The van der Waals surface area contributed by atoms with Gasteiger partial charge in [-0.25, -0.2) is 0 Å². The van der Waals surface area contributed by atoms with Gasteiger partial charge in [0.15, 0.2) is 0 Å². The zero-order chi connectivity index (χ0) is 20.3. The Hall–Kier alpha value is -2.78. The molecule has 1 aromatic heterocycles. The van der Waals surface area contributed by atoms with Gasteiger partial charge in [0, 0.05) is 37.9 Å². The third kappa shape index (κ3) is 4.55. The van der Waals surface area contributed by atoms with Crippen molar-refractivity contribution >= 4 is 33.8 Å². The van der Waals surface area contributed by atoms with Crippen LogP contribution < -0.4 is 5.32 Å². The van der Waals surface area contributed by atoms with Gasteiger partial charge in [-0.1, -0.05) is 23.5 Å². The van der Waals surface area contributed by atoms with Crippen LogP contribution in [0.5, 0.6) is 0 Å². The second-order valence-electron chi connectivity index (χ2n) is 6.76. The smallest absolute Gasteiger partial charge is 0.324 e. The molecule has 1 aromatic carbocycles. The number of benzene rings is 1. The van der Waals surface area contributed by atoms with Gasteiger partial charge in [0.1, 0.15) is 0 Å². The SMILES string of the molecule is Cc1cccc(NC(=O)CN2CCN(C(=O)c3ccc([N+](=O)[O-])s3)CC2)c1C. The van der Waals surface area contributed by atoms with Crippen LogP contribution in [-0.2, 0) is 4.79 Å². The van der Waals surface area contributed by atoms with Crippen molar-refractivity contribution in [1.29, 1.82) is 0 Å². The Morgan fingerprint density at radius 3 is 2.50 bits per heavy atom. The molecule has 148 valence electrons. The molecule has 1 saturated heterocycles. The van der Waals surface area contributed by atoms with E-state index in [2.05, 4.69) is 5.32 Å². The predicted octanol–water partition coefficient (Wildman–Crippen LogP) is 2.67. The maximum absolute atomic E-state index is 12.5. The Morgan fingerprint density at radius 1 is 1.14 bits per heavy atom. The number of anilines is 1. The van der Waals surface area contributed by atoms with Crippen molar-refractivity contribution in [2.24, 2.45) is 0 Å². The maximum atomic E-state index is 12.5. The van der Waals surface area contributed by atoms with Gasteiger partial charge < -0.3 is 10.2 Å². The lowest BCUT2D eigenvalue weighted by Gasteiger charge is -2.34. The summed E-state index contributed by atoms with van der Waals surface area (Å²) in [5.41, 5.74) is 2.99. The van der Waals surface area contributed by atoms with E-state index in [-0.39, 0.29) is 23.4 Å². The third-order valence-electron chi connectivity index (χ3n) is 4.89. The van der Waals surface area contributed by atoms with Crippen LogP contribution in [-0.4, -0.2) is 59.3 Å². The number of piperazine rings is 1. The highest BCUT2D eigenvalue weighted by atomic mass is 32.1. The summed E-state index contributed by atoms with van der Waals surface area (Å²) in [6.07, 6.45) is 0. The molecule has 0 bridgehead atoms. The average molecular weight is 402 g/mol. The number of thiophene rings is 1. The molecule has 2 amide bonds. The number of nitrogens with zero attached hydrogens (tertiary/aromatic N) is 3. The van der Waals surface area contributed by atoms with Crippen molar-refractivity contribution < 1.29 is 14.5 Å². The Bertz CT molecular complexity index is 903. The molecule has 0 aliphatic carbocycles. The van der Waals surface area contributed by atoms with E-state index in [0.29, 0.717) is 31.1 Å². The molecule has 28 heavy (non-hydrogen) atoms. The number of carbonyl (C=O) groups excluding carboxylic acids is 2. The van der Waals surface area contributed by atoms with Gasteiger partial charge in [-0.15, -0.1) is 0 Å². The number of rotatable bonds is 5. The van der Waals surface area contributed by atoms with Gasteiger partial charge in [0.05, 0.1) is 16.3 Å². The van der Waals surface area contributed by atoms with Crippen LogP contribution in [0.4, 0.5) is 10.7 Å². The molecule has 1 N–H and O–H groups in total. The highest BCUT2D eigenvalue weighted by Gasteiger charge is 2.25. The van der Waals surface area contributed by atoms with E-state index < -0.39 is 4.92 Å². The van der Waals surface area contributed by atoms with Crippen molar-refractivity contribution in [3.8, 4) is 0 Å². The molecule has 9 heteroatoms. The Morgan fingerprint density at radius 2 is 1.86 bits per heavy atom. The van der Waals surface area contributed by atoms with Crippen LogP contribution in [0.3, 0.4) is 0 Å². The summed E-state index contributed by atoms with van der Waals surface area (Å²) in [7, 11) is 0. The highest BCUT2D eigenvalue weighted by Crippen LogP contribution is 2.25. The van der Waals surface area contributed by atoms with Gasteiger partial charge in [0.2, 0.25) is 5.91 Å². The number of nitro groups is 1. The molecule has 2 aromatic rings. The fourth-order valence-electron chi connectivity index (χ4n) is 3.08. The minimum Gasteiger partial charge on any atom is -0.335 e. The van der Waals surface area contributed by atoms with E-state index >= 15 is 0 Å². The Balaban J connectivity index is 1.50. The monoisotopic (exact) mass is 402 g/mol. The van der Waals surface area contributed by atoms with Crippen molar-refractivity contribution in [1.82, 2.24) is 9.80 Å². The van der Waals surface area contributed by atoms with Crippen LogP contribution in [0.15, 0.2) is 30.3 Å². The summed E-state index contributed by atoms with van der Waals surface area (Å²) >= 11 is 0.890. The summed E-state index contributed by atoms with van der Waals surface area (Å²) < 4.78 is 0. The summed E-state index contributed by atoms with van der Waals surface area (Å²) in [5.74, 6) is -0.278. The largest absolute Gasteiger partial charge is 0.335 e. The van der Waals surface area contributed by atoms with Gasteiger partial charge >= 0.3 is 5.00 Å². The molecule has 0 spiro atoms. The molecule has 3 rings (SSSR count). The molecule has 0 radical (unpaired) electrons. The lowest BCUT2D eigenvalue weighted by atomic mass is 10.1. The summed E-state index contributed by atoms with van der Waals surface area (Å²) in [4.78, 5) is 39.2. The molecule has 0 unspecified atom stereocenters. The zero-order valence-electron chi connectivity index (χ0n) is 15.8. The quantitative estimate of drug-likeness (QED) is 0.613. The molecule has 1 aliphatic rings. The minimum absolute atomic E-state index is 0.0369. The van der Waals surface area contributed by atoms with Crippen LogP contribution in [0.25, 0.3) is 0 Å². The van der Waals surface area contributed by atoms with Crippen molar-refractivity contribution in [2.75, 3.05) is 38.0 Å². The van der Waals surface area contributed by atoms with Gasteiger partial charge in [0.25, 0.3) is 5.91 Å². The van der Waals surface area contributed by atoms with Gasteiger partial charge in [-0.2, -0.15) is 0 Å². The van der Waals surface area contributed by atoms with Crippen LogP contribution >= 0.6 is 11.3 Å². The molecule has 2 heterocycles. The first-order valence-corrected chi connectivity index (χ1v) is 9.78. The number of hydrogen-bond donors (Lipinski definition) is 1. The zero-order valence-corrected chi connectivity index (χ0v) is 16.6. The highest BCUT2D eigenvalue weighted by molar-refractivity contribution is 7.17. The summed E-state index contributed by atoms with van der Waals surface area (Å²) in [5, 5.41) is 13.7. The molecule has 1 aliphatic heterocycles. The van der Waals surface area contributed by atoms with Crippen molar-refractivity contribution in [3.63, 3.8) is 0 Å². The average Bonchev–Trinajstić information content (AvgIpc) is 3.16. The number of aryl methyl sites for hydroxylation is 1. The molecule has 0 saturated carbocycles. The van der Waals surface area contributed by atoms with Crippen molar-refractivity contribution in [3.05, 3.63) is 56.5 Å². The van der Waals surface area contributed by atoms with Gasteiger partial charge in [-0.05, 0) is 37.1 Å². The fraction of sp³-hybridized carbons (Fsp3) is 0.368. The summed E-state index contributed by atoms with van der Waals surface area (Å²) in [6, 6.07) is 8.65. The normalized spacial score (nSPS) is 14.7. The van der Waals surface area contributed by atoms with Crippen LogP contribution in [0.2, 0.25) is 0 Å². The topological polar surface area (TPSA) is 95.8 Å². The summed E-state index contributed by atoms with van der Waals surface area (Å²) in [6.45, 7) is 6.38. The van der Waals surface area contributed by atoms with Gasteiger partial charge in [-0.3, -0.25) is 24.6 Å². The molecular formula is C19H22N4O4S. The molecular weight excluding hydrogens is 380 g/mol. The third-order valence-corrected chi connectivity index (χ3v) is 5.91. The molecule has 0 atom stereocenters.